The molecule has 0 fully saturated rings. The van der Waals surface area contributed by atoms with Crippen LogP contribution in [0.2, 0.25) is 0 Å². The first-order valence-corrected chi connectivity index (χ1v) is 9.81. The van der Waals surface area contributed by atoms with E-state index < -0.39 is 0 Å². The van der Waals surface area contributed by atoms with Gasteiger partial charge in [0.2, 0.25) is 5.91 Å². The lowest BCUT2D eigenvalue weighted by Crippen LogP contribution is -2.07. The molecular formula is C22H22N2O3S. The molecule has 0 saturated heterocycles. The van der Waals surface area contributed by atoms with Gasteiger partial charge < -0.3 is 9.47 Å². The van der Waals surface area contributed by atoms with E-state index >= 15 is 0 Å². The van der Waals surface area contributed by atoms with Crippen molar-refractivity contribution in [1.29, 1.82) is 0 Å². The quantitative estimate of drug-likeness (QED) is 0.431. The monoisotopic (exact) mass is 394 g/mol. The molecule has 0 aliphatic carbocycles. The lowest BCUT2D eigenvalue weighted by Gasteiger charge is -2.04. The van der Waals surface area contributed by atoms with E-state index in [1.165, 1.54) is 23.0 Å². The van der Waals surface area contributed by atoms with Gasteiger partial charge in [0.15, 0.2) is 11.9 Å². The summed E-state index contributed by atoms with van der Waals surface area (Å²) in [6.07, 6.45) is 4.24. The Bertz CT molecular complexity index is 931. The molecule has 0 bridgehead atoms. The van der Waals surface area contributed by atoms with E-state index in [0.29, 0.717) is 10.9 Å². The van der Waals surface area contributed by atoms with Gasteiger partial charge in [0.1, 0.15) is 5.75 Å². The van der Waals surface area contributed by atoms with Gasteiger partial charge in [-0.3, -0.25) is 10.1 Å². The second-order valence-corrected chi connectivity index (χ2v) is 6.89. The Labute approximate surface area is 168 Å². The fourth-order valence-corrected chi connectivity index (χ4v) is 3.22. The van der Waals surface area contributed by atoms with Crippen molar-refractivity contribution in [2.75, 3.05) is 19.2 Å². The maximum Gasteiger partial charge on any atom is 0.250 e. The molecule has 0 radical (unpaired) electrons. The average molecular weight is 394 g/mol. The van der Waals surface area contributed by atoms with Crippen molar-refractivity contribution < 1.29 is 14.3 Å². The van der Waals surface area contributed by atoms with Gasteiger partial charge in [-0.25, -0.2) is 4.98 Å². The number of carbonyl (C=O) groups excluding carboxylic acids is 1. The highest BCUT2D eigenvalue weighted by molar-refractivity contribution is 7.14. The van der Waals surface area contributed by atoms with Crippen LogP contribution in [0.5, 0.6) is 5.75 Å². The van der Waals surface area contributed by atoms with Crippen LogP contribution in [0.4, 0.5) is 5.13 Å². The van der Waals surface area contributed by atoms with E-state index in [4.69, 9.17) is 9.47 Å². The second-order valence-electron chi connectivity index (χ2n) is 6.03. The molecule has 0 unspecified atom stereocenters. The van der Waals surface area contributed by atoms with Crippen molar-refractivity contribution in [1.82, 2.24) is 4.98 Å². The Kier molecular flexibility index (Phi) is 6.94. The maximum atomic E-state index is 12.2. The Morgan fingerprint density at radius 1 is 1.14 bits per heavy atom. The van der Waals surface area contributed by atoms with Gasteiger partial charge in [0.25, 0.3) is 0 Å². The Balaban J connectivity index is 1.57. The fraction of sp³-hybridized carbons (Fsp3) is 0.182. The largest absolute Gasteiger partial charge is 0.468 e. The number of benzene rings is 2. The van der Waals surface area contributed by atoms with Crippen LogP contribution in [0.25, 0.3) is 17.3 Å². The minimum atomic E-state index is -0.220. The third-order valence-electron chi connectivity index (χ3n) is 4.04. The number of rotatable bonds is 8. The summed E-state index contributed by atoms with van der Waals surface area (Å²) in [5.41, 5.74) is 4.09. The number of carbonyl (C=O) groups is 1. The summed E-state index contributed by atoms with van der Waals surface area (Å²) in [5, 5.41) is 5.32. The lowest BCUT2D eigenvalue weighted by molar-refractivity contribution is -0.111. The van der Waals surface area contributed by atoms with Gasteiger partial charge >= 0.3 is 0 Å². The van der Waals surface area contributed by atoms with Crippen LogP contribution in [0.15, 0.2) is 60.0 Å². The van der Waals surface area contributed by atoms with Crippen LogP contribution in [-0.2, 0) is 16.0 Å². The summed E-state index contributed by atoms with van der Waals surface area (Å²) in [4.78, 5) is 16.6. The molecular weight excluding hydrogens is 372 g/mol. The first kappa shape index (κ1) is 19.8. The van der Waals surface area contributed by atoms with Crippen molar-refractivity contribution in [3.63, 3.8) is 0 Å². The zero-order valence-electron chi connectivity index (χ0n) is 15.8. The molecule has 1 N–H and O–H groups in total. The van der Waals surface area contributed by atoms with Gasteiger partial charge in [-0.05, 0) is 35.8 Å². The number of hydrogen-bond acceptors (Lipinski definition) is 5. The number of nitrogens with zero attached hydrogens (tertiary/aromatic N) is 1. The van der Waals surface area contributed by atoms with Crippen LogP contribution >= 0.6 is 11.3 Å². The number of amides is 1. The smallest absolute Gasteiger partial charge is 0.250 e. The van der Waals surface area contributed by atoms with Crippen LogP contribution < -0.4 is 10.1 Å². The zero-order valence-corrected chi connectivity index (χ0v) is 16.7. The molecule has 0 aliphatic heterocycles. The minimum Gasteiger partial charge on any atom is -0.468 e. The van der Waals surface area contributed by atoms with Crippen LogP contribution in [0.3, 0.4) is 0 Å². The van der Waals surface area contributed by atoms with Crippen molar-refractivity contribution in [3.05, 3.63) is 71.1 Å². The molecule has 0 spiro atoms. The molecule has 1 heterocycles. The number of aryl methyl sites for hydroxylation is 1. The Hall–Kier alpha value is -2.96. The van der Waals surface area contributed by atoms with E-state index in [0.717, 1.165) is 23.2 Å². The molecule has 2 aromatic carbocycles. The zero-order chi connectivity index (χ0) is 19.8. The van der Waals surface area contributed by atoms with E-state index in [-0.39, 0.29) is 12.7 Å². The fourth-order valence-electron chi connectivity index (χ4n) is 2.50. The number of ether oxygens (including phenoxy) is 2. The number of anilines is 1. The third-order valence-corrected chi connectivity index (χ3v) is 4.80. The first-order chi connectivity index (χ1) is 13.7. The molecule has 0 saturated carbocycles. The number of nitrogens with one attached hydrogen (secondary N) is 1. The number of hydrogen-bond donors (Lipinski definition) is 1. The first-order valence-electron chi connectivity index (χ1n) is 8.93. The highest BCUT2D eigenvalue weighted by Gasteiger charge is 2.06. The maximum absolute atomic E-state index is 12.2. The normalized spacial score (nSPS) is 10.9. The molecule has 3 aromatic rings. The van der Waals surface area contributed by atoms with E-state index in [9.17, 15) is 4.79 Å². The highest BCUT2D eigenvalue weighted by Crippen LogP contribution is 2.25. The summed E-state index contributed by atoms with van der Waals surface area (Å²) in [6.45, 7) is 2.33. The van der Waals surface area contributed by atoms with Crippen LogP contribution in [0, 0.1) is 0 Å². The van der Waals surface area contributed by atoms with E-state index in [2.05, 4.69) is 41.5 Å². The number of methoxy groups -OCH3 is 1. The SMILES string of the molecule is CCc1ccc(-c2csc(NC(=O)/C=C/c3ccc(OCOC)cc3)n2)cc1. The van der Waals surface area contributed by atoms with Gasteiger partial charge in [-0.1, -0.05) is 43.3 Å². The molecule has 3 rings (SSSR count). The summed E-state index contributed by atoms with van der Waals surface area (Å²) in [7, 11) is 1.57. The number of thiazole rings is 1. The third kappa shape index (κ3) is 5.52. The molecule has 1 amide bonds. The van der Waals surface area contributed by atoms with Gasteiger partial charge in [0.05, 0.1) is 5.69 Å². The lowest BCUT2D eigenvalue weighted by atomic mass is 10.1. The summed E-state index contributed by atoms with van der Waals surface area (Å²) >= 11 is 1.41. The molecule has 0 aliphatic rings. The summed E-state index contributed by atoms with van der Waals surface area (Å²) in [5.74, 6) is 0.493. The van der Waals surface area contributed by atoms with Gasteiger partial charge in [-0.2, -0.15) is 0 Å². The summed E-state index contributed by atoms with van der Waals surface area (Å²) in [6, 6.07) is 15.7. The highest BCUT2D eigenvalue weighted by atomic mass is 32.1. The standard InChI is InChI=1S/C22H22N2O3S/c1-3-16-4-9-18(10-5-16)20-14-28-22(23-20)24-21(25)13-8-17-6-11-19(12-7-17)27-15-26-2/h4-14H,3,15H2,1-2H3,(H,23,24,25)/b13-8+. The molecule has 5 nitrogen and oxygen atoms in total. The predicted octanol–water partition coefficient (Wildman–Crippen LogP) is 5.01. The second kappa shape index (κ2) is 9.82. The molecule has 28 heavy (non-hydrogen) atoms. The van der Waals surface area contributed by atoms with Crippen molar-refractivity contribution in [2.45, 2.75) is 13.3 Å². The Morgan fingerprint density at radius 2 is 1.89 bits per heavy atom. The molecule has 0 atom stereocenters. The minimum absolute atomic E-state index is 0.205. The van der Waals surface area contributed by atoms with E-state index in [1.807, 2.05) is 29.6 Å². The molecule has 6 heteroatoms. The topological polar surface area (TPSA) is 60.5 Å². The molecule has 144 valence electrons. The van der Waals surface area contributed by atoms with Crippen molar-refractivity contribution in [2.24, 2.45) is 0 Å². The van der Waals surface area contributed by atoms with E-state index in [1.54, 1.807) is 13.2 Å². The Morgan fingerprint density at radius 3 is 2.57 bits per heavy atom. The summed E-state index contributed by atoms with van der Waals surface area (Å²) < 4.78 is 10.2. The van der Waals surface area contributed by atoms with Crippen LogP contribution in [0.1, 0.15) is 18.1 Å². The van der Waals surface area contributed by atoms with Crippen molar-refractivity contribution in [3.8, 4) is 17.0 Å². The van der Waals surface area contributed by atoms with Crippen molar-refractivity contribution >= 4 is 28.5 Å². The van der Waals surface area contributed by atoms with Gasteiger partial charge in [-0.15, -0.1) is 11.3 Å². The number of aromatic nitrogens is 1. The molecule has 1 aromatic heterocycles. The predicted molar refractivity (Wildman–Crippen MR) is 114 cm³/mol. The van der Waals surface area contributed by atoms with Crippen LogP contribution in [-0.4, -0.2) is 24.8 Å². The van der Waals surface area contributed by atoms with Gasteiger partial charge in [0, 0.05) is 24.1 Å². The average Bonchev–Trinajstić information content (AvgIpc) is 3.20.